The summed E-state index contributed by atoms with van der Waals surface area (Å²) in [6.07, 6.45) is -0.855. The highest BCUT2D eigenvalue weighted by molar-refractivity contribution is 7.80. The minimum absolute atomic E-state index is 0.0318. The lowest BCUT2D eigenvalue weighted by molar-refractivity contribution is -0.143. The van der Waals surface area contributed by atoms with Gasteiger partial charge >= 0.3 is 11.9 Å². The fraction of sp³-hybridized carbons (Fsp3) is 0.571. The molecule has 0 aliphatic rings. The average molecular weight is 418 g/mol. The van der Waals surface area contributed by atoms with E-state index in [1.165, 1.54) is 7.85 Å². The van der Waals surface area contributed by atoms with Gasteiger partial charge in [0.25, 0.3) is 0 Å². The monoisotopic (exact) mass is 418 g/mol. The van der Waals surface area contributed by atoms with Gasteiger partial charge in [-0.05, 0) is 0 Å². The molecule has 0 aromatic heterocycles. The van der Waals surface area contributed by atoms with Crippen LogP contribution < -0.4 is 21.7 Å². The molecule has 0 saturated heterocycles. The molecule has 0 aliphatic carbocycles. The van der Waals surface area contributed by atoms with E-state index in [9.17, 15) is 28.8 Å². The molecule has 0 bridgehead atoms. The Morgan fingerprint density at radius 3 is 2.00 bits per heavy atom. The highest BCUT2D eigenvalue weighted by Gasteiger charge is 2.29. The Kier molecular flexibility index (Phi) is 11.5. The van der Waals surface area contributed by atoms with E-state index in [-0.39, 0.29) is 30.8 Å². The number of carboxylic acid groups (broad SMARTS) is 2. The molecule has 12 nitrogen and oxygen atoms in total. The largest absolute Gasteiger partial charge is 0.481 e. The van der Waals surface area contributed by atoms with Gasteiger partial charge in [-0.25, -0.2) is 4.79 Å². The maximum atomic E-state index is 12.1. The third-order valence-electron chi connectivity index (χ3n) is 3.37. The maximum Gasteiger partial charge on any atom is 0.327 e. The summed E-state index contributed by atoms with van der Waals surface area (Å²) in [5, 5.41) is 24.3. The fourth-order valence-corrected chi connectivity index (χ4v) is 2.06. The summed E-state index contributed by atoms with van der Waals surface area (Å²) in [5.74, 6) is -5.50. The SMILES string of the molecule is BC(=O)CCC(=O)NC[C@H](N)C(=O)N[C@@H](CC(=O)O)C(=O)N[C@@H](CS)C(=O)O. The maximum absolute atomic E-state index is 12.1. The zero-order valence-corrected chi connectivity index (χ0v) is 16.0. The number of hydrogen-bond donors (Lipinski definition) is 7. The van der Waals surface area contributed by atoms with Crippen molar-refractivity contribution in [2.75, 3.05) is 12.3 Å². The molecule has 14 heteroatoms. The van der Waals surface area contributed by atoms with Crippen LogP contribution in [0.15, 0.2) is 0 Å². The van der Waals surface area contributed by atoms with Gasteiger partial charge in [-0.2, -0.15) is 12.6 Å². The number of carboxylic acids is 2. The Hall–Kier alpha value is -2.61. The van der Waals surface area contributed by atoms with Crippen molar-refractivity contribution in [3.8, 4) is 0 Å². The zero-order chi connectivity index (χ0) is 21.9. The van der Waals surface area contributed by atoms with Gasteiger partial charge in [0.1, 0.15) is 18.1 Å². The molecule has 7 N–H and O–H groups in total. The molecule has 28 heavy (non-hydrogen) atoms. The first kappa shape index (κ1) is 25.4. The Morgan fingerprint density at radius 1 is 0.964 bits per heavy atom. The molecule has 0 spiro atoms. The van der Waals surface area contributed by atoms with Crippen molar-refractivity contribution < 1.29 is 39.0 Å². The van der Waals surface area contributed by atoms with E-state index in [1.807, 2.05) is 0 Å². The topological polar surface area (TPSA) is 205 Å². The van der Waals surface area contributed by atoms with Gasteiger partial charge in [0.15, 0.2) is 7.85 Å². The molecule has 0 aromatic rings. The van der Waals surface area contributed by atoms with Crippen LogP contribution in [-0.2, 0) is 28.8 Å². The number of rotatable bonds is 13. The summed E-state index contributed by atoms with van der Waals surface area (Å²) in [6, 6.07) is -4.25. The van der Waals surface area contributed by atoms with Crippen LogP contribution in [0.2, 0.25) is 0 Å². The molecule has 0 heterocycles. The van der Waals surface area contributed by atoms with Gasteiger partial charge in [0.05, 0.1) is 12.1 Å². The second-order valence-electron chi connectivity index (χ2n) is 5.85. The molecule has 0 aromatic carbocycles. The summed E-state index contributed by atoms with van der Waals surface area (Å²) in [6.45, 7) is -0.307. The molecule has 0 rings (SSSR count). The second-order valence-corrected chi connectivity index (χ2v) is 6.22. The van der Waals surface area contributed by atoms with Crippen LogP contribution in [0.25, 0.3) is 0 Å². The van der Waals surface area contributed by atoms with Crippen LogP contribution in [0.1, 0.15) is 19.3 Å². The normalized spacial score (nSPS) is 13.5. The molecule has 0 unspecified atom stereocenters. The van der Waals surface area contributed by atoms with Gasteiger partial charge in [-0.3, -0.25) is 19.2 Å². The van der Waals surface area contributed by atoms with E-state index in [0.717, 1.165) is 0 Å². The Morgan fingerprint density at radius 2 is 1.54 bits per heavy atom. The third kappa shape index (κ3) is 10.5. The Bertz CT molecular complexity index is 632. The predicted octanol–water partition coefficient (Wildman–Crippen LogP) is -4.17. The van der Waals surface area contributed by atoms with Crippen molar-refractivity contribution in [3.63, 3.8) is 0 Å². The highest BCUT2D eigenvalue weighted by Crippen LogP contribution is 1.98. The van der Waals surface area contributed by atoms with Crippen LogP contribution in [0.3, 0.4) is 0 Å². The number of hydrogen-bond acceptors (Lipinski definition) is 8. The lowest BCUT2D eigenvalue weighted by Gasteiger charge is -2.21. The molecule has 0 radical (unpaired) electrons. The van der Waals surface area contributed by atoms with E-state index < -0.39 is 54.2 Å². The molecule has 3 atom stereocenters. The van der Waals surface area contributed by atoms with Crippen LogP contribution >= 0.6 is 12.6 Å². The summed E-state index contributed by atoms with van der Waals surface area (Å²) < 4.78 is 0. The number of amides is 3. The van der Waals surface area contributed by atoms with Crippen molar-refractivity contribution in [1.82, 2.24) is 16.0 Å². The first-order chi connectivity index (χ1) is 13.0. The molecule has 0 aliphatic heterocycles. The third-order valence-corrected chi connectivity index (χ3v) is 3.73. The van der Waals surface area contributed by atoms with E-state index in [2.05, 4.69) is 28.6 Å². The number of carbonyl (C=O) groups excluding carboxylic acids is 4. The number of carbonyl (C=O) groups is 6. The van der Waals surface area contributed by atoms with Gasteiger partial charge in [0.2, 0.25) is 17.7 Å². The van der Waals surface area contributed by atoms with Crippen molar-refractivity contribution in [1.29, 1.82) is 0 Å². The summed E-state index contributed by atoms with van der Waals surface area (Å²) in [7, 11) is 1.32. The molecule has 0 saturated carbocycles. The van der Waals surface area contributed by atoms with E-state index in [0.29, 0.717) is 0 Å². The first-order valence-corrected chi connectivity index (χ1v) is 8.79. The van der Waals surface area contributed by atoms with Crippen molar-refractivity contribution in [3.05, 3.63) is 0 Å². The molecular weight excluding hydrogens is 395 g/mol. The first-order valence-electron chi connectivity index (χ1n) is 8.15. The lowest BCUT2D eigenvalue weighted by atomic mass is 9.98. The van der Waals surface area contributed by atoms with E-state index in [4.69, 9.17) is 15.9 Å². The number of nitrogens with one attached hydrogen (secondary N) is 3. The van der Waals surface area contributed by atoms with Gasteiger partial charge in [-0.1, -0.05) is 0 Å². The van der Waals surface area contributed by atoms with Gasteiger partial charge in [0, 0.05) is 25.1 Å². The van der Waals surface area contributed by atoms with Crippen LogP contribution in [0.4, 0.5) is 0 Å². The summed E-state index contributed by atoms with van der Waals surface area (Å²) >= 11 is 3.77. The van der Waals surface area contributed by atoms with Crippen LogP contribution in [0.5, 0.6) is 0 Å². The average Bonchev–Trinajstić information content (AvgIpc) is 2.60. The number of thiol groups is 1. The smallest absolute Gasteiger partial charge is 0.327 e. The lowest BCUT2D eigenvalue weighted by Crippen LogP contribution is -2.57. The van der Waals surface area contributed by atoms with Crippen molar-refractivity contribution in [2.24, 2.45) is 5.73 Å². The van der Waals surface area contributed by atoms with Gasteiger partial charge < -0.3 is 36.7 Å². The van der Waals surface area contributed by atoms with Crippen LogP contribution in [0, 0.1) is 0 Å². The fourth-order valence-electron chi connectivity index (χ4n) is 1.81. The highest BCUT2D eigenvalue weighted by atomic mass is 32.1. The molecule has 3 amide bonds. The Balaban J connectivity index is 4.80. The number of aliphatic carboxylic acids is 2. The minimum Gasteiger partial charge on any atom is -0.481 e. The van der Waals surface area contributed by atoms with Gasteiger partial charge in [-0.15, -0.1) is 0 Å². The second kappa shape index (κ2) is 12.7. The summed E-state index contributed by atoms with van der Waals surface area (Å²) in [4.78, 5) is 68.3. The Labute approximate surface area is 166 Å². The van der Waals surface area contributed by atoms with E-state index in [1.54, 1.807) is 0 Å². The van der Waals surface area contributed by atoms with E-state index >= 15 is 0 Å². The minimum atomic E-state index is -1.58. The molecular formula is C14H23BN4O8S. The van der Waals surface area contributed by atoms with Crippen LogP contribution in [-0.4, -0.2) is 83.8 Å². The standard InChI is InChI=1S/C14H23BN4O8S/c15-9(20)1-2-10(21)17-4-6(16)12(24)18-7(3-11(22)23)13(25)19-8(5-28)14(26)27/h6-8,28H,1-5,15-16H2,(H,17,21)(H,18,24)(H,19,25)(H,22,23)(H,26,27)/t6-,7-,8-/m0/s1. The number of nitrogens with two attached hydrogens (primary N) is 1. The quantitative estimate of drug-likeness (QED) is 0.114. The zero-order valence-electron chi connectivity index (χ0n) is 15.1. The van der Waals surface area contributed by atoms with Crippen molar-refractivity contribution in [2.45, 2.75) is 37.4 Å². The summed E-state index contributed by atoms with van der Waals surface area (Å²) in [5.41, 5.74) is 5.42. The predicted molar refractivity (Wildman–Crippen MR) is 101 cm³/mol. The van der Waals surface area contributed by atoms with Crippen molar-refractivity contribution >= 4 is 55.8 Å². The molecule has 156 valence electrons. The molecule has 0 fully saturated rings.